The van der Waals surface area contributed by atoms with E-state index < -0.39 is 0 Å². The highest BCUT2D eigenvalue weighted by Crippen LogP contribution is 2.46. The maximum atomic E-state index is 14.1. The van der Waals surface area contributed by atoms with Crippen molar-refractivity contribution >= 4 is 64.2 Å². The Morgan fingerprint density at radius 3 is 2.49 bits per heavy atom. The van der Waals surface area contributed by atoms with E-state index in [0.717, 1.165) is 49.5 Å². The number of aryl methyl sites for hydroxylation is 1. The van der Waals surface area contributed by atoms with Crippen molar-refractivity contribution in [3.63, 3.8) is 0 Å². The number of halogens is 1. The third-order valence-electron chi connectivity index (χ3n) is 7.32. The van der Waals surface area contributed by atoms with Crippen molar-refractivity contribution in [2.75, 3.05) is 0 Å². The van der Waals surface area contributed by atoms with Crippen molar-refractivity contribution < 1.29 is 8.81 Å². The van der Waals surface area contributed by atoms with Crippen molar-refractivity contribution in [1.82, 2.24) is 4.98 Å². The Labute approximate surface area is 218 Å². The minimum absolute atomic E-state index is 0.222. The number of hydrogen-bond acceptors (Lipinski definition) is 3. The fourth-order valence-corrected chi connectivity index (χ4v) is 6.99. The van der Waals surface area contributed by atoms with Gasteiger partial charge in [-0.05, 0) is 64.9 Å². The second kappa shape index (κ2) is 7.87. The number of nitrogens with zero attached hydrogens (tertiary/aromatic N) is 1. The molecule has 37 heavy (non-hydrogen) atoms. The van der Waals surface area contributed by atoms with E-state index in [1.54, 1.807) is 0 Å². The van der Waals surface area contributed by atoms with Gasteiger partial charge in [-0.3, -0.25) is 4.98 Å². The molecule has 0 fully saturated rings. The van der Waals surface area contributed by atoms with E-state index in [0.29, 0.717) is 5.58 Å². The van der Waals surface area contributed by atoms with Crippen LogP contribution < -0.4 is 0 Å². The molecule has 0 aliphatic heterocycles. The number of aromatic nitrogens is 1. The van der Waals surface area contributed by atoms with Gasteiger partial charge in [-0.2, -0.15) is 0 Å². The summed E-state index contributed by atoms with van der Waals surface area (Å²) in [6.45, 7) is 9.10. The van der Waals surface area contributed by atoms with Crippen molar-refractivity contribution in [2.45, 2.75) is 34.1 Å². The van der Waals surface area contributed by atoms with Gasteiger partial charge < -0.3 is 4.42 Å². The fourth-order valence-electron chi connectivity index (χ4n) is 5.67. The van der Waals surface area contributed by atoms with Crippen LogP contribution >= 0.6 is 11.3 Å². The van der Waals surface area contributed by atoms with Gasteiger partial charge in [0.2, 0.25) is 0 Å². The molecule has 0 radical (unpaired) electrons. The summed E-state index contributed by atoms with van der Waals surface area (Å²) in [5.74, 6) is -0.302. The number of hydrogen-bond donors (Lipinski definition) is 0. The molecule has 7 aromatic rings. The molecule has 7 rings (SSSR count). The Morgan fingerprint density at radius 2 is 1.65 bits per heavy atom. The summed E-state index contributed by atoms with van der Waals surface area (Å²) in [5, 5.41) is 6.60. The van der Waals surface area contributed by atoms with Crippen LogP contribution in [0.1, 0.15) is 31.9 Å². The van der Waals surface area contributed by atoms with Crippen molar-refractivity contribution in [1.29, 1.82) is 0 Å². The first-order valence-corrected chi connectivity index (χ1v) is 13.4. The van der Waals surface area contributed by atoms with Crippen molar-refractivity contribution in [3.8, 4) is 11.3 Å². The Kier molecular flexibility index (Phi) is 4.77. The summed E-state index contributed by atoms with van der Waals surface area (Å²) in [7, 11) is 0. The summed E-state index contributed by atoms with van der Waals surface area (Å²) in [5.41, 5.74) is 6.12. The zero-order valence-corrected chi connectivity index (χ0v) is 22.1. The van der Waals surface area contributed by atoms with Gasteiger partial charge in [-0.25, -0.2) is 4.39 Å². The number of pyridine rings is 1. The topological polar surface area (TPSA) is 26.0 Å². The summed E-state index contributed by atoms with van der Waals surface area (Å²) in [6, 6.07) is 21.9. The maximum absolute atomic E-state index is 14.1. The Bertz CT molecular complexity index is 2020. The van der Waals surface area contributed by atoms with E-state index in [4.69, 9.17) is 9.40 Å². The van der Waals surface area contributed by atoms with Gasteiger partial charge in [0.25, 0.3) is 0 Å². The van der Waals surface area contributed by atoms with Crippen molar-refractivity contribution in [2.24, 2.45) is 5.41 Å². The molecule has 0 aliphatic carbocycles. The second-order valence-electron chi connectivity index (χ2n) is 11.2. The lowest BCUT2D eigenvalue weighted by molar-refractivity contribution is 0.410. The number of fused-ring (bicyclic) bond motifs is 8. The maximum Gasteiger partial charge on any atom is 0.145 e. The van der Waals surface area contributed by atoms with Crippen LogP contribution in [0.2, 0.25) is 0 Å². The average Bonchev–Trinajstić information content (AvgIpc) is 3.43. The molecule has 3 aromatic heterocycles. The molecule has 0 spiro atoms. The monoisotopic (exact) mass is 503 g/mol. The molecule has 0 unspecified atom stereocenters. The number of furan rings is 1. The molecular weight excluding hydrogens is 477 g/mol. The van der Waals surface area contributed by atoms with Gasteiger partial charge >= 0.3 is 0 Å². The van der Waals surface area contributed by atoms with Crippen LogP contribution in [0.5, 0.6) is 0 Å². The zero-order chi connectivity index (χ0) is 25.5. The minimum Gasteiger partial charge on any atom is -0.455 e. The summed E-state index contributed by atoms with van der Waals surface area (Å²) in [6.07, 6.45) is 2.93. The fraction of sp³-hybridized carbons (Fsp3) is 0.182. The molecule has 2 nitrogen and oxygen atoms in total. The molecule has 0 N–H and O–H groups in total. The summed E-state index contributed by atoms with van der Waals surface area (Å²) < 4.78 is 23.0. The molecule has 0 amide bonds. The van der Waals surface area contributed by atoms with Gasteiger partial charge in [0.05, 0.1) is 10.4 Å². The summed E-state index contributed by atoms with van der Waals surface area (Å²) in [4.78, 5) is 4.90. The van der Waals surface area contributed by atoms with E-state index in [1.807, 2.05) is 35.7 Å². The van der Waals surface area contributed by atoms with Crippen LogP contribution in [0.25, 0.3) is 64.1 Å². The van der Waals surface area contributed by atoms with E-state index >= 15 is 0 Å². The second-order valence-corrected chi connectivity index (χ2v) is 12.2. The Hall–Kier alpha value is -3.76. The van der Waals surface area contributed by atoms with E-state index in [1.165, 1.54) is 38.7 Å². The SMILES string of the molecule is Cc1c(CC(C)(C)C)ccc2c1sc1c(-c3cc4ccccc4c4c3oc3cc(F)ccc34)nccc12. The first kappa shape index (κ1) is 22.4. The molecule has 0 atom stereocenters. The average molecular weight is 504 g/mol. The van der Waals surface area contributed by atoms with Crippen molar-refractivity contribution in [3.05, 3.63) is 89.9 Å². The van der Waals surface area contributed by atoms with Crippen LogP contribution in [-0.4, -0.2) is 4.98 Å². The smallest absolute Gasteiger partial charge is 0.145 e. The van der Waals surface area contributed by atoms with Crippen LogP contribution in [-0.2, 0) is 6.42 Å². The predicted molar refractivity (Wildman–Crippen MR) is 155 cm³/mol. The van der Waals surface area contributed by atoms with Gasteiger partial charge in [0.15, 0.2) is 0 Å². The number of thiophene rings is 1. The zero-order valence-electron chi connectivity index (χ0n) is 21.3. The lowest BCUT2D eigenvalue weighted by atomic mass is 9.86. The molecule has 0 saturated heterocycles. The number of benzene rings is 4. The highest BCUT2D eigenvalue weighted by atomic mass is 32.1. The molecule has 4 aromatic carbocycles. The molecule has 0 aliphatic rings. The third-order valence-corrected chi connectivity index (χ3v) is 8.67. The van der Waals surface area contributed by atoms with Crippen LogP contribution in [0.15, 0.2) is 77.3 Å². The highest BCUT2D eigenvalue weighted by molar-refractivity contribution is 7.26. The van der Waals surface area contributed by atoms with Gasteiger partial charge in [0, 0.05) is 44.1 Å². The van der Waals surface area contributed by atoms with Gasteiger partial charge in [-0.1, -0.05) is 57.2 Å². The molecule has 0 bridgehead atoms. The lowest BCUT2D eigenvalue weighted by Gasteiger charge is -2.19. The van der Waals surface area contributed by atoms with Crippen LogP contribution in [0.3, 0.4) is 0 Å². The van der Waals surface area contributed by atoms with Gasteiger partial charge in [-0.15, -0.1) is 11.3 Å². The van der Waals surface area contributed by atoms with E-state index in [-0.39, 0.29) is 11.2 Å². The quantitative estimate of drug-likeness (QED) is 0.234. The third kappa shape index (κ3) is 3.47. The lowest BCUT2D eigenvalue weighted by Crippen LogP contribution is -2.10. The Balaban J connectivity index is 1.57. The number of rotatable bonds is 2. The Morgan fingerprint density at radius 1 is 0.865 bits per heavy atom. The van der Waals surface area contributed by atoms with E-state index in [2.05, 4.69) is 64.1 Å². The predicted octanol–water partition coefficient (Wildman–Crippen LogP) is 10.2. The van der Waals surface area contributed by atoms with Crippen LogP contribution in [0.4, 0.5) is 4.39 Å². The minimum atomic E-state index is -0.302. The molecule has 4 heteroatoms. The largest absolute Gasteiger partial charge is 0.455 e. The molecule has 3 heterocycles. The normalized spacial score (nSPS) is 12.6. The standard InChI is InChI=1S/C33H26FNOS/c1-18-20(17-33(2,3)4)9-11-23-24-13-14-35-29(32(24)37-31(18)23)26-15-19-7-5-6-8-22(19)28-25-12-10-21(34)16-27(25)36-30(26)28/h5-16H,17H2,1-4H3. The highest BCUT2D eigenvalue weighted by Gasteiger charge is 2.21. The first-order valence-electron chi connectivity index (χ1n) is 12.6. The molecular formula is C33H26FNOS. The summed E-state index contributed by atoms with van der Waals surface area (Å²) >= 11 is 1.81. The van der Waals surface area contributed by atoms with E-state index in [9.17, 15) is 4.39 Å². The van der Waals surface area contributed by atoms with Gasteiger partial charge in [0.1, 0.15) is 17.0 Å². The first-order chi connectivity index (χ1) is 17.8. The molecule has 182 valence electrons. The van der Waals surface area contributed by atoms with Crippen LogP contribution in [0, 0.1) is 18.2 Å². The molecule has 0 saturated carbocycles.